The Bertz CT molecular complexity index is 383. The van der Waals surface area contributed by atoms with E-state index in [1.54, 1.807) is 0 Å². The Hall–Kier alpha value is -0.450. The number of nitrogens with zero attached hydrogens (tertiary/aromatic N) is 1. The van der Waals surface area contributed by atoms with Gasteiger partial charge in [0, 0.05) is 35.7 Å². The summed E-state index contributed by atoms with van der Waals surface area (Å²) in [6, 6.07) is 0.582. The number of aromatic nitrogens is 1. The van der Waals surface area contributed by atoms with Crippen molar-refractivity contribution in [2.45, 2.75) is 52.1 Å². The van der Waals surface area contributed by atoms with Gasteiger partial charge in [0.05, 0.1) is 11.6 Å². The molecule has 0 aromatic carbocycles. The van der Waals surface area contributed by atoms with Crippen molar-refractivity contribution in [2.24, 2.45) is 5.92 Å². The summed E-state index contributed by atoms with van der Waals surface area (Å²) in [6.45, 7) is 11.6. The summed E-state index contributed by atoms with van der Waals surface area (Å²) in [5.74, 6) is 0.605. The Balaban J connectivity index is 1.88. The zero-order valence-corrected chi connectivity index (χ0v) is 12.6. The largest absolute Gasteiger partial charge is 0.381 e. The minimum Gasteiger partial charge on any atom is -0.381 e. The lowest BCUT2D eigenvalue weighted by Crippen LogP contribution is -2.40. The highest BCUT2D eigenvalue weighted by Gasteiger charge is 2.22. The molecule has 0 saturated carbocycles. The average molecular weight is 268 g/mol. The number of thiazole rings is 1. The van der Waals surface area contributed by atoms with Crippen LogP contribution in [0.3, 0.4) is 0 Å². The van der Waals surface area contributed by atoms with Crippen LogP contribution in [0.1, 0.15) is 44.0 Å². The van der Waals surface area contributed by atoms with E-state index in [4.69, 9.17) is 4.74 Å². The summed E-state index contributed by atoms with van der Waals surface area (Å²) in [4.78, 5) is 5.86. The van der Waals surface area contributed by atoms with Crippen molar-refractivity contribution >= 4 is 11.3 Å². The van der Waals surface area contributed by atoms with Crippen molar-refractivity contribution in [1.82, 2.24) is 10.3 Å². The highest BCUT2D eigenvalue weighted by Crippen LogP contribution is 2.27. The van der Waals surface area contributed by atoms with Gasteiger partial charge in [-0.1, -0.05) is 27.7 Å². The molecule has 1 aromatic rings. The summed E-state index contributed by atoms with van der Waals surface area (Å²) in [5, 5.41) is 4.86. The van der Waals surface area contributed by atoms with Crippen molar-refractivity contribution in [2.75, 3.05) is 13.2 Å². The number of hydrogen-bond donors (Lipinski definition) is 1. The first kappa shape index (κ1) is 14.0. The van der Waals surface area contributed by atoms with Gasteiger partial charge < -0.3 is 10.1 Å². The molecular formula is C14H24N2OS. The molecule has 3 nitrogen and oxygen atoms in total. The van der Waals surface area contributed by atoms with Gasteiger partial charge in [0.15, 0.2) is 0 Å². The van der Waals surface area contributed by atoms with Gasteiger partial charge in [0.25, 0.3) is 0 Å². The summed E-state index contributed by atoms with van der Waals surface area (Å²) < 4.78 is 5.46. The smallest absolute Gasteiger partial charge is 0.0981 e. The second-order valence-electron chi connectivity index (χ2n) is 6.21. The van der Waals surface area contributed by atoms with Crippen LogP contribution in [0.2, 0.25) is 0 Å². The molecule has 1 aliphatic heterocycles. The molecular weight excluding hydrogens is 244 g/mol. The Labute approximate surface area is 114 Å². The fraction of sp³-hybridized carbons (Fsp3) is 0.786. The number of ether oxygens (including phenoxy) is 1. The lowest BCUT2D eigenvalue weighted by atomic mass is 9.98. The van der Waals surface area contributed by atoms with E-state index in [9.17, 15) is 0 Å². The molecule has 2 heterocycles. The molecule has 0 amide bonds. The standard InChI is InChI=1S/C14H24N2OS/c1-10-9-17-6-5-12(10)15-7-11-8-16-13(18-11)14(2,3)4/h8,10,12,15H,5-7,9H2,1-4H3. The van der Waals surface area contributed by atoms with Gasteiger partial charge in [-0.15, -0.1) is 11.3 Å². The fourth-order valence-corrected chi connectivity index (χ4v) is 3.07. The van der Waals surface area contributed by atoms with Crippen LogP contribution in [-0.2, 0) is 16.7 Å². The maximum atomic E-state index is 5.46. The van der Waals surface area contributed by atoms with E-state index in [1.165, 1.54) is 9.88 Å². The van der Waals surface area contributed by atoms with Gasteiger partial charge in [0.2, 0.25) is 0 Å². The van der Waals surface area contributed by atoms with Gasteiger partial charge in [0.1, 0.15) is 0 Å². The number of nitrogens with one attached hydrogen (secondary N) is 1. The first-order chi connectivity index (χ1) is 8.47. The zero-order chi connectivity index (χ0) is 13.2. The highest BCUT2D eigenvalue weighted by molar-refractivity contribution is 7.11. The topological polar surface area (TPSA) is 34.1 Å². The first-order valence-corrected chi connectivity index (χ1v) is 7.55. The lowest BCUT2D eigenvalue weighted by Gasteiger charge is -2.29. The van der Waals surface area contributed by atoms with Crippen molar-refractivity contribution in [3.63, 3.8) is 0 Å². The molecule has 0 spiro atoms. The van der Waals surface area contributed by atoms with E-state index >= 15 is 0 Å². The third-order valence-corrected chi connectivity index (χ3v) is 4.80. The van der Waals surface area contributed by atoms with Gasteiger partial charge >= 0.3 is 0 Å². The molecule has 18 heavy (non-hydrogen) atoms. The quantitative estimate of drug-likeness (QED) is 0.915. The maximum absolute atomic E-state index is 5.46. The van der Waals surface area contributed by atoms with E-state index < -0.39 is 0 Å². The van der Waals surface area contributed by atoms with E-state index in [0.29, 0.717) is 12.0 Å². The molecule has 1 N–H and O–H groups in total. The molecule has 2 rings (SSSR count). The van der Waals surface area contributed by atoms with Crippen molar-refractivity contribution in [3.05, 3.63) is 16.1 Å². The summed E-state index contributed by atoms with van der Waals surface area (Å²) in [7, 11) is 0. The highest BCUT2D eigenvalue weighted by atomic mass is 32.1. The molecule has 102 valence electrons. The van der Waals surface area contributed by atoms with Crippen LogP contribution >= 0.6 is 11.3 Å². The molecule has 0 radical (unpaired) electrons. The molecule has 1 saturated heterocycles. The van der Waals surface area contributed by atoms with Crippen molar-refractivity contribution in [1.29, 1.82) is 0 Å². The van der Waals surface area contributed by atoms with Crippen LogP contribution in [0.15, 0.2) is 6.20 Å². The van der Waals surface area contributed by atoms with Gasteiger partial charge in [-0.2, -0.15) is 0 Å². The zero-order valence-electron chi connectivity index (χ0n) is 11.8. The second-order valence-corrected chi connectivity index (χ2v) is 7.33. The molecule has 0 aliphatic carbocycles. The third-order valence-electron chi connectivity index (χ3n) is 3.37. The maximum Gasteiger partial charge on any atom is 0.0981 e. The number of rotatable bonds is 3. The first-order valence-electron chi connectivity index (χ1n) is 6.73. The molecule has 0 bridgehead atoms. The van der Waals surface area contributed by atoms with E-state index in [-0.39, 0.29) is 5.41 Å². The second kappa shape index (κ2) is 5.68. The molecule has 1 aliphatic rings. The fourth-order valence-electron chi connectivity index (χ4n) is 2.15. The normalized spacial score (nSPS) is 25.3. The predicted octanol–water partition coefficient (Wildman–Crippen LogP) is 2.96. The van der Waals surface area contributed by atoms with Crippen LogP contribution in [-0.4, -0.2) is 24.2 Å². The van der Waals surface area contributed by atoms with Gasteiger partial charge in [-0.3, -0.25) is 0 Å². The van der Waals surface area contributed by atoms with Crippen LogP contribution in [0.4, 0.5) is 0 Å². The Kier molecular flexibility index (Phi) is 4.41. The molecule has 1 fully saturated rings. The van der Waals surface area contributed by atoms with Crippen molar-refractivity contribution < 1.29 is 4.74 Å². The molecule has 2 atom stereocenters. The summed E-state index contributed by atoms with van der Waals surface area (Å²) in [6.07, 6.45) is 3.13. The minimum absolute atomic E-state index is 0.162. The van der Waals surface area contributed by atoms with Gasteiger partial charge in [-0.05, 0) is 12.3 Å². The monoisotopic (exact) mass is 268 g/mol. The van der Waals surface area contributed by atoms with Crippen LogP contribution in [0.5, 0.6) is 0 Å². The SMILES string of the molecule is CC1COCCC1NCc1cnc(C(C)(C)C)s1. The van der Waals surface area contributed by atoms with Crippen molar-refractivity contribution in [3.8, 4) is 0 Å². The summed E-state index contributed by atoms with van der Waals surface area (Å²) in [5.41, 5.74) is 0.162. The van der Waals surface area contributed by atoms with Crippen LogP contribution < -0.4 is 5.32 Å². The summed E-state index contributed by atoms with van der Waals surface area (Å²) >= 11 is 1.82. The van der Waals surface area contributed by atoms with Crippen LogP contribution in [0.25, 0.3) is 0 Å². The Morgan fingerprint density at radius 3 is 2.89 bits per heavy atom. The average Bonchev–Trinajstić information content (AvgIpc) is 2.76. The van der Waals surface area contributed by atoms with E-state index in [2.05, 4.69) is 38.0 Å². The van der Waals surface area contributed by atoms with Gasteiger partial charge in [-0.25, -0.2) is 4.98 Å². The number of hydrogen-bond acceptors (Lipinski definition) is 4. The molecule has 1 aromatic heterocycles. The third kappa shape index (κ3) is 3.53. The van der Waals surface area contributed by atoms with E-state index in [0.717, 1.165) is 26.2 Å². The Morgan fingerprint density at radius 1 is 1.50 bits per heavy atom. The minimum atomic E-state index is 0.162. The van der Waals surface area contributed by atoms with Crippen LogP contribution in [0, 0.1) is 5.92 Å². The lowest BCUT2D eigenvalue weighted by molar-refractivity contribution is 0.0387. The van der Waals surface area contributed by atoms with E-state index in [1.807, 2.05) is 17.5 Å². The molecule has 4 heteroatoms. The Morgan fingerprint density at radius 2 is 2.28 bits per heavy atom. The molecule has 2 unspecified atom stereocenters. The predicted molar refractivity (Wildman–Crippen MR) is 76.0 cm³/mol.